The molecule has 0 heterocycles. The minimum atomic E-state index is -4.40. The van der Waals surface area contributed by atoms with E-state index >= 15 is 0 Å². The summed E-state index contributed by atoms with van der Waals surface area (Å²) in [5, 5.41) is 17.2. The molecule has 0 amide bonds. The highest BCUT2D eigenvalue weighted by Crippen LogP contribution is 2.40. The third kappa shape index (κ3) is 7.29. The fraction of sp³-hybridized carbons (Fsp3) is 0.650. The Hall–Kier alpha value is -1.61. The first-order valence-corrected chi connectivity index (χ1v) is 10.9. The number of hydrogen-bond donors (Lipinski definition) is 3. The molecular weight excluding hydrogens is 403 g/mol. The molecule has 1 saturated carbocycles. The highest BCUT2D eigenvalue weighted by molar-refractivity contribution is 8.00. The van der Waals surface area contributed by atoms with Crippen molar-refractivity contribution in [2.75, 3.05) is 25.4 Å². The van der Waals surface area contributed by atoms with Gasteiger partial charge in [-0.1, -0.05) is 19.1 Å². The van der Waals surface area contributed by atoms with Gasteiger partial charge in [0.15, 0.2) is 12.6 Å². The maximum atomic E-state index is 12.5. The van der Waals surface area contributed by atoms with Gasteiger partial charge in [0.1, 0.15) is 5.75 Å². The standard InChI is InChI=1S/C20H30F3N3O2S/c1-4-24-18(26-12-19(27)9-8-17(19)29-5-2)25-11-15-7-6-14(3)10-16(15)28-13-20(21,22)23/h6-7,10,17,27H,4-5,8-9,11-13H2,1-3H3,(H2,24,25,26). The van der Waals surface area contributed by atoms with Gasteiger partial charge in [0.05, 0.1) is 12.1 Å². The van der Waals surface area contributed by atoms with E-state index in [0.29, 0.717) is 24.6 Å². The highest BCUT2D eigenvalue weighted by Gasteiger charge is 2.45. The van der Waals surface area contributed by atoms with E-state index in [1.165, 1.54) is 0 Å². The lowest BCUT2D eigenvalue weighted by molar-refractivity contribution is -0.153. The molecule has 0 spiro atoms. The normalized spacial score (nSPS) is 22.2. The van der Waals surface area contributed by atoms with Crippen LogP contribution in [0.1, 0.15) is 37.8 Å². The Bertz CT molecular complexity index is 700. The maximum absolute atomic E-state index is 12.5. The van der Waals surface area contributed by atoms with Crippen molar-refractivity contribution >= 4 is 17.7 Å². The predicted octanol–water partition coefficient (Wildman–Crippen LogP) is 3.64. The van der Waals surface area contributed by atoms with Gasteiger partial charge in [0, 0.05) is 23.9 Å². The zero-order chi connectivity index (χ0) is 21.5. The van der Waals surface area contributed by atoms with Crippen LogP contribution < -0.4 is 15.4 Å². The van der Waals surface area contributed by atoms with Crippen LogP contribution in [0.3, 0.4) is 0 Å². The molecule has 5 nitrogen and oxygen atoms in total. The molecule has 0 saturated heterocycles. The molecule has 2 rings (SSSR count). The first-order valence-electron chi connectivity index (χ1n) is 9.82. The number of alkyl halides is 3. The Morgan fingerprint density at radius 3 is 2.69 bits per heavy atom. The van der Waals surface area contributed by atoms with Crippen molar-refractivity contribution in [3.63, 3.8) is 0 Å². The molecule has 0 radical (unpaired) electrons. The van der Waals surface area contributed by atoms with Crippen molar-refractivity contribution in [3.8, 4) is 5.75 Å². The summed E-state index contributed by atoms with van der Waals surface area (Å²) in [7, 11) is 0. The van der Waals surface area contributed by atoms with E-state index in [1.807, 2.05) is 13.0 Å². The molecule has 164 valence electrons. The van der Waals surface area contributed by atoms with Crippen molar-refractivity contribution in [2.45, 2.75) is 57.2 Å². The van der Waals surface area contributed by atoms with Gasteiger partial charge < -0.3 is 20.5 Å². The fourth-order valence-electron chi connectivity index (χ4n) is 3.07. The Balaban J connectivity index is 2.04. The van der Waals surface area contributed by atoms with Crippen LogP contribution in [0.4, 0.5) is 13.2 Å². The van der Waals surface area contributed by atoms with Gasteiger partial charge in [-0.25, -0.2) is 4.99 Å². The van der Waals surface area contributed by atoms with Crippen molar-refractivity contribution in [1.82, 2.24) is 10.6 Å². The van der Waals surface area contributed by atoms with E-state index < -0.39 is 18.4 Å². The molecule has 1 fully saturated rings. The first-order chi connectivity index (χ1) is 13.7. The maximum Gasteiger partial charge on any atom is 0.422 e. The molecule has 1 aliphatic carbocycles. The van der Waals surface area contributed by atoms with E-state index in [9.17, 15) is 18.3 Å². The molecule has 1 aliphatic rings. The molecule has 0 bridgehead atoms. The smallest absolute Gasteiger partial charge is 0.422 e. The average Bonchev–Trinajstić information content (AvgIpc) is 2.65. The molecule has 3 N–H and O–H groups in total. The zero-order valence-electron chi connectivity index (χ0n) is 17.1. The van der Waals surface area contributed by atoms with Crippen LogP contribution in [0.25, 0.3) is 0 Å². The number of aliphatic imine (C=N–C) groups is 1. The van der Waals surface area contributed by atoms with Gasteiger partial charge in [-0.3, -0.25) is 0 Å². The molecule has 0 aromatic heterocycles. The van der Waals surface area contributed by atoms with Crippen molar-refractivity contribution in [1.29, 1.82) is 0 Å². The molecule has 2 unspecified atom stereocenters. The lowest BCUT2D eigenvalue weighted by atomic mass is 9.79. The Morgan fingerprint density at radius 2 is 2.10 bits per heavy atom. The van der Waals surface area contributed by atoms with Gasteiger partial charge >= 0.3 is 6.18 Å². The van der Waals surface area contributed by atoms with E-state index in [2.05, 4.69) is 22.5 Å². The predicted molar refractivity (Wildman–Crippen MR) is 112 cm³/mol. The molecule has 1 aromatic rings. The van der Waals surface area contributed by atoms with Crippen molar-refractivity contribution < 1.29 is 23.0 Å². The molecule has 2 atom stereocenters. The number of hydrogen-bond acceptors (Lipinski definition) is 4. The lowest BCUT2D eigenvalue weighted by Crippen LogP contribution is -2.58. The second kappa shape index (κ2) is 10.4. The van der Waals surface area contributed by atoms with E-state index in [1.54, 1.807) is 30.8 Å². The van der Waals surface area contributed by atoms with Crippen LogP contribution in [0.15, 0.2) is 23.2 Å². The fourth-order valence-corrected chi connectivity index (χ4v) is 4.26. The summed E-state index contributed by atoms with van der Waals surface area (Å²) in [4.78, 5) is 4.47. The quantitative estimate of drug-likeness (QED) is 0.410. The number of aliphatic hydroxyl groups is 1. The second-order valence-corrected chi connectivity index (χ2v) is 8.63. The summed E-state index contributed by atoms with van der Waals surface area (Å²) >= 11 is 1.75. The summed E-state index contributed by atoms with van der Waals surface area (Å²) in [5.41, 5.74) is 0.618. The van der Waals surface area contributed by atoms with Crippen LogP contribution in [0.2, 0.25) is 0 Å². The highest BCUT2D eigenvalue weighted by atomic mass is 32.2. The van der Waals surface area contributed by atoms with E-state index in [-0.39, 0.29) is 17.5 Å². The van der Waals surface area contributed by atoms with Crippen molar-refractivity contribution in [3.05, 3.63) is 29.3 Å². The van der Waals surface area contributed by atoms with Crippen LogP contribution in [-0.2, 0) is 6.54 Å². The van der Waals surface area contributed by atoms with Crippen LogP contribution in [0, 0.1) is 6.92 Å². The number of halogens is 3. The number of nitrogens with zero attached hydrogens (tertiary/aromatic N) is 1. The van der Waals surface area contributed by atoms with E-state index in [4.69, 9.17) is 4.74 Å². The van der Waals surface area contributed by atoms with Crippen LogP contribution >= 0.6 is 11.8 Å². The van der Waals surface area contributed by atoms with Gasteiger partial charge in [0.25, 0.3) is 0 Å². The number of benzene rings is 1. The minimum Gasteiger partial charge on any atom is -0.484 e. The molecular formula is C20H30F3N3O2S. The van der Waals surface area contributed by atoms with E-state index in [0.717, 1.165) is 24.2 Å². The Labute approximate surface area is 174 Å². The first kappa shape index (κ1) is 23.7. The number of guanidine groups is 1. The number of nitrogens with one attached hydrogen (secondary N) is 2. The summed E-state index contributed by atoms with van der Waals surface area (Å²) in [6, 6.07) is 5.12. The number of thioether (sulfide) groups is 1. The Morgan fingerprint density at radius 1 is 1.34 bits per heavy atom. The third-order valence-corrected chi connectivity index (χ3v) is 6.14. The molecule has 1 aromatic carbocycles. The largest absolute Gasteiger partial charge is 0.484 e. The molecule has 9 heteroatoms. The average molecular weight is 434 g/mol. The summed E-state index contributed by atoms with van der Waals surface area (Å²) in [6.07, 6.45) is -2.66. The SMILES string of the molecule is CCNC(=NCc1ccc(C)cc1OCC(F)(F)F)NCC1(O)CCC1SCC. The number of aryl methyl sites for hydroxylation is 1. The number of ether oxygens (including phenoxy) is 1. The van der Waals surface area contributed by atoms with Crippen LogP contribution in [-0.4, -0.2) is 53.5 Å². The van der Waals surface area contributed by atoms with Gasteiger partial charge in [-0.15, -0.1) is 0 Å². The van der Waals surface area contributed by atoms with Gasteiger partial charge in [0.2, 0.25) is 0 Å². The lowest BCUT2D eigenvalue weighted by Gasteiger charge is -2.45. The summed E-state index contributed by atoms with van der Waals surface area (Å²) in [6.45, 7) is 5.62. The van der Waals surface area contributed by atoms with Crippen LogP contribution in [0.5, 0.6) is 5.75 Å². The molecule has 0 aliphatic heterocycles. The summed E-state index contributed by atoms with van der Waals surface area (Å²) in [5.74, 6) is 1.64. The molecule has 29 heavy (non-hydrogen) atoms. The number of rotatable bonds is 9. The minimum absolute atomic E-state index is 0.161. The summed E-state index contributed by atoms with van der Waals surface area (Å²) < 4.78 is 42.6. The van der Waals surface area contributed by atoms with Crippen molar-refractivity contribution in [2.24, 2.45) is 4.99 Å². The Kier molecular flexibility index (Phi) is 8.51. The van der Waals surface area contributed by atoms with Gasteiger partial charge in [-0.2, -0.15) is 24.9 Å². The topological polar surface area (TPSA) is 65.9 Å². The monoisotopic (exact) mass is 433 g/mol. The third-order valence-electron chi connectivity index (χ3n) is 4.73. The second-order valence-electron chi connectivity index (χ2n) is 7.15. The van der Waals surface area contributed by atoms with Gasteiger partial charge in [-0.05, 0) is 44.1 Å². The zero-order valence-corrected chi connectivity index (χ0v) is 17.9.